The molecule has 0 radical (unpaired) electrons. The first-order valence-corrected chi connectivity index (χ1v) is 14.3. The van der Waals surface area contributed by atoms with Crippen molar-refractivity contribution in [1.82, 2.24) is 0 Å². The zero-order chi connectivity index (χ0) is 28.1. The molecule has 1 saturated carbocycles. The van der Waals surface area contributed by atoms with Crippen LogP contribution in [0.2, 0.25) is 0 Å². The van der Waals surface area contributed by atoms with E-state index in [1.807, 2.05) is 12.1 Å². The lowest BCUT2D eigenvalue weighted by atomic mass is 9.73. The SMILES string of the molecule is CCCCC[C@@H](O)CC[C@H]1[C@@H]2Cc3cccc(OCC(=O)OC4O[C@H](CO)[C@@H](O)[C@H](O)[C@H]4O)c3C[C@@H]2C[C@@H]1O. The van der Waals surface area contributed by atoms with Gasteiger partial charge in [0, 0.05) is 0 Å². The highest BCUT2D eigenvalue weighted by atomic mass is 16.7. The third-order valence-corrected chi connectivity index (χ3v) is 8.76. The molecule has 4 rings (SSSR count). The molecule has 1 heterocycles. The van der Waals surface area contributed by atoms with Crippen molar-refractivity contribution >= 4 is 5.97 Å². The Morgan fingerprint density at radius 3 is 2.62 bits per heavy atom. The molecule has 2 aliphatic carbocycles. The monoisotopic (exact) mass is 552 g/mol. The van der Waals surface area contributed by atoms with Gasteiger partial charge in [0.25, 0.3) is 0 Å². The largest absolute Gasteiger partial charge is 0.482 e. The van der Waals surface area contributed by atoms with Gasteiger partial charge in [0.15, 0.2) is 6.61 Å². The van der Waals surface area contributed by atoms with Crippen molar-refractivity contribution in [2.75, 3.05) is 13.2 Å². The molecule has 220 valence electrons. The van der Waals surface area contributed by atoms with Crippen molar-refractivity contribution in [2.45, 2.75) is 108 Å². The van der Waals surface area contributed by atoms with Crippen LogP contribution in [0.1, 0.15) is 63.0 Å². The van der Waals surface area contributed by atoms with E-state index in [4.69, 9.17) is 14.2 Å². The van der Waals surface area contributed by atoms with Crippen LogP contribution < -0.4 is 4.74 Å². The number of aliphatic hydroxyl groups is 6. The summed E-state index contributed by atoms with van der Waals surface area (Å²) in [5.41, 5.74) is 2.13. The summed E-state index contributed by atoms with van der Waals surface area (Å²) in [5, 5.41) is 60.4. The number of benzene rings is 1. The van der Waals surface area contributed by atoms with Gasteiger partial charge in [0.2, 0.25) is 6.29 Å². The molecule has 0 bridgehead atoms. The highest BCUT2D eigenvalue weighted by Crippen LogP contribution is 2.48. The number of esters is 1. The summed E-state index contributed by atoms with van der Waals surface area (Å²) >= 11 is 0. The van der Waals surface area contributed by atoms with E-state index in [0.717, 1.165) is 56.1 Å². The maximum atomic E-state index is 12.5. The molecule has 3 aliphatic rings. The summed E-state index contributed by atoms with van der Waals surface area (Å²) in [6.45, 7) is 1.07. The van der Waals surface area contributed by atoms with E-state index in [-0.39, 0.29) is 12.0 Å². The number of hydrogen-bond acceptors (Lipinski definition) is 10. The Balaban J connectivity index is 1.33. The van der Waals surface area contributed by atoms with Gasteiger partial charge in [-0.3, -0.25) is 0 Å². The number of rotatable bonds is 12. The number of carbonyl (C=O) groups is 1. The molecule has 1 saturated heterocycles. The fourth-order valence-corrected chi connectivity index (χ4v) is 6.56. The van der Waals surface area contributed by atoms with Crippen molar-refractivity contribution < 1.29 is 49.6 Å². The average Bonchev–Trinajstić information content (AvgIpc) is 3.23. The Morgan fingerprint density at radius 1 is 1.08 bits per heavy atom. The van der Waals surface area contributed by atoms with Crippen molar-refractivity contribution in [3.05, 3.63) is 29.3 Å². The summed E-state index contributed by atoms with van der Waals surface area (Å²) in [7, 11) is 0. The minimum Gasteiger partial charge on any atom is -0.482 e. The van der Waals surface area contributed by atoms with Gasteiger partial charge in [-0.05, 0) is 73.5 Å². The van der Waals surface area contributed by atoms with Crippen LogP contribution in [0.15, 0.2) is 18.2 Å². The van der Waals surface area contributed by atoms with Crippen LogP contribution >= 0.6 is 0 Å². The minimum atomic E-state index is -1.67. The first kappa shape index (κ1) is 30.2. The molecule has 1 aromatic rings. The van der Waals surface area contributed by atoms with Gasteiger partial charge in [-0.2, -0.15) is 0 Å². The second kappa shape index (κ2) is 13.7. The molecule has 0 aromatic heterocycles. The Hall–Kier alpha value is -1.79. The van der Waals surface area contributed by atoms with Crippen molar-refractivity contribution in [3.63, 3.8) is 0 Å². The molecule has 0 spiro atoms. The van der Waals surface area contributed by atoms with Crippen molar-refractivity contribution in [2.24, 2.45) is 17.8 Å². The number of carbonyl (C=O) groups excluding carboxylic acids is 1. The molecule has 2 fully saturated rings. The van der Waals surface area contributed by atoms with E-state index >= 15 is 0 Å². The van der Waals surface area contributed by atoms with Crippen LogP contribution in [0, 0.1) is 17.8 Å². The Bertz CT molecular complexity index is 939. The first-order valence-electron chi connectivity index (χ1n) is 14.3. The molecule has 0 amide bonds. The predicted octanol–water partition coefficient (Wildman–Crippen LogP) is 0.842. The average molecular weight is 553 g/mol. The summed E-state index contributed by atoms with van der Waals surface area (Å²) < 4.78 is 16.1. The third-order valence-electron chi connectivity index (χ3n) is 8.76. The van der Waals surface area contributed by atoms with Gasteiger partial charge < -0.3 is 44.8 Å². The number of fused-ring (bicyclic) bond motifs is 2. The molecular weight excluding hydrogens is 508 g/mol. The number of ether oxygens (including phenoxy) is 3. The van der Waals surface area contributed by atoms with Gasteiger partial charge in [-0.15, -0.1) is 0 Å². The van der Waals surface area contributed by atoms with Gasteiger partial charge >= 0.3 is 5.97 Å². The summed E-state index contributed by atoms with van der Waals surface area (Å²) in [4.78, 5) is 12.5. The molecule has 10 heteroatoms. The second-order valence-electron chi connectivity index (χ2n) is 11.4. The molecule has 10 atom stereocenters. The lowest BCUT2D eigenvalue weighted by molar-refractivity contribution is -0.293. The topological polar surface area (TPSA) is 166 Å². The third kappa shape index (κ3) is 7.11. The van der Waals surface area contributed by atoms with Crippen molar-refractivity contribution in [3.8, 4) is 5.75 Å². The maximum Gasteiger partial charge on any atom is 0.346 e. The van der Waals surface area contributed by atoms with E-state index in [2.05, 4.69) is 6.92 Å². The Morgan fingerprint density at radius 2 is 1.87 bits per heavy atom. The van der Waals surface area contributed by atoms with E-state index in [1.165, 1.54) is 0 Å². The normalized spacial score (nSPS) is 34.7. The highest BCUT2D eigenvalue weighted by Gasteiger charge is 2.46. The number of hydrogen-bond donors (Lipinski definition) is 6. The van der Waals surface area contributed by atoms with Gasteiger partial charge in [0.05, 0.1) is 18.8 Å². The van der Waals surface area contributed by atoms with Gasteiger partial charge in [0.1, 0.15) is 30.2 Å². The highest BCUT2D eigenvalue weighted by molar-refractivity contribution is 5.71. The summed E-state index contributed by atoms with van der Waals surface area (Å²) in [5.74, 6) is 0.504. The summed E-state index contributed by atoms with van der Waals surface area (Å²) in [6.07, 6.45) is -0.442. The molecule has 1 aliphatic heterocycles. The second-order valence-corrected chi connectivity index (χ2v) is 11.4. The van der Waals surface area contributed by atoms with Crippen LogP contribution in [0.25, 0.3) is 0 Å². The molecule has 39 heavy (non-hydrogen) atoms. The lowest BCUT2D eigenvalue weighted by Gasteiger charge is -2.39. The van der Waals surface area contributed by atoms with E-state index in [1.54, 1.807) is 6.07 Å². The van der Waals surface area contributed by atoms with E-state index in [0.29, 0.717) is 30.4 Å². The molecule has 6 N–H and O–H groups in total. The minimum absolute atomic E-state index is 0.155. The lowest BCUT2D eigenvalue weighted by Crippen LogP contribution is -2.59. The molecule has 1 aromatic carbocycles. The summed E-state index contributed by atoms with van der Waals surface area (Å²) in [6, 6.07) is 5.71. The van der Waals surface area contributed by atoms with Gasteiger partial charge in [-0.1, -0.05) is 38.3 Å². The standard InChI is InChI=1S/C29H44O10/c1-2-3-4-7-18(31)9-10-19-20-11-16-6-5-8-23(21(16)12-17(20)13-22(19)32)37-15-25(33)39-29-28(36)27(35)26(34)24(14-30)38-29/h5-6,8,17-20,22,24,26-32,34-36H,2-4,7,9-15H2,1H3/t17-,18-,19+,20-,22+,24-,26-,27+,28-,29?/m1/s1. The Kier molecular flexibility index (Phi) is 10.6. The maximum absolute atomic E-state index is 12.5. The smallest absolute Gasteiger partial charge is 0.346 e. The van der Waals surface area contributed by atoms with Crippen LogP contribution in [0.3, 0.4) is 0 Å². The number of aliphatic hydroxyl groups excluding tert-OH is 6. The van der Waals surface area contributed by atoms with Gasteiger partial charge in [-0.25, -0.2) is 4.79 Å². The Labute approximate surface area is 229 Å². The van der Waals surface area contributed by atoms with E-state index in [9.17, 15) is 35.4 Å². The van der Waals surface area contributed by atoms with Crippen LogP contribution in [-0.2, 0) is 27.1 Å². The van der Waals surface area contributed by atoms with Crippen molar-refractivity contribution in [1.29, 1.82) is 0 Å². The van der Waals surface area contributed by atoms with Crippen LogP contribution in [0.5, 0.6) is 5.75 Å². The van der Waals surface area contributed by atoms with E-state index < -0.39 is 56.0 Å². The molecular formula is C29H44O10. The quantitative estimate of drug-likeness (QED) is 0.162. The molecule has 10 nitrogen and oxygen atoms in total. The zero-order valence-corrected chi connectivity index (χ0v) is 22.6. The number of unbranched alkanes of at least 4 members (excludes halogenated alkanes) is 2. The first-order chi connectivity index (χ1) is 18.7. The zero-order valence-electron chi connectivity index (χ0n) is 22.6. The predicted molar refractivity (Wildman–Crippen MR) is 140 cm³/mol. The fourth-order valence-electron chi connectivity index (χ4n) is 6.56. The van der Waals surface area contributed by atoms with Crippen LogP contribution in [0.4, 0.5) is 0 Å². The molecule has 1 unspecified atom stereocenters. The fraction of sp³-hybridized carbons (Fsp3) is 0.759. The van der Waals surface area contributed by atoms with Crippen LogP contribution in [-0.4, -0.2) is 92.7 Å².